The van der Waals surface area contributed by atoms with E-state index in [1.165, 1.54) is 12.1 Å². The lowest BCUT2D eigenvalue weighted by atomic mass is 10.1. The lowest BCUT2D eigenvalue weighted by molar-refractivity contribution is 0.626. The molecule has 1 nitrogen and oxygen atoms in total. The van der Waals surface area contributed by atoms with E-state index in [-0.39, 0.29) is 5.82 Å². The number of rotatable bonds is 3. The summed E-state index contributed by atoms with van der Waals surface area (Å²) in [7, 11) is 0. The van der Waals surface area contributed by atoms with Crippen LogP contribution in [-0.4, -0.2) is 0 Å². The van der Waals surface area contributed by atoms with Crippen molar-refractivity contribution in [1.82, 2.24) is 0 Å². The minimum atomic E-state index is -0.319. The molecule has 0 radical (unpaired) electrons. The zero-order valence-electron chi connectivity index (χ0n) is 11.0. The van der Waals surface area contributed by atoms with Gasteiger partial charge in [-0.3, -0.25) is 0 Å². The van der Waals surface area contributed by atoms with E-state index >= 15 is 0 Å². The van der Waals surface area contributed by atoms with E-state index < -0.39 is 0 Å². The van der Waals surface area contributed by atoms with E-state index in [1.807, 2.05) is 24.3 Å². The molecule has 106 valence electrons. The van der Waals surface area contributed by atoms with Gasteiger partial charge in [-0.05, 0) is 41.3 Å². The van der Waals surface area contributed by atoms with Gasteiger partial charge in [0.25, 0.3) is 0 Å². The topological polar surface area (TPSA) is 12.0 Å². The molecule has 0 aliphatic rings. The van der Waals surface area contributed by atoms with Gasteiger partial charge in [0.15, 0.2) is 0 Å². The molecule has 4 heteroatoms. The number of fused-ring (bicyclic) bond motifs is 1. The third-order valence-electron chi connectivity index (χ3n) is 3.28. The molecule has 21 heavy (non-hydrogen) atoms. The van der Waals surface area contributed by atoms with Crippen molar-refractivity contribution >= 4 is 44.0 Å². The fraction of sp³-hybridized carbons (Fsp3) is 0.0588. The van der Waals surface area contributed by atoms with Gasteiger partial charge < -0.3 is 5.32 Å². The molecule has 0 amide bonds. The summed E-state index contributed by atoms with van der Waals surface area (Å²) >= 11 is 9.43. The van der Waals surface area contributed by atoms with Gasteiger partial charge in [-0.15, -0.1) is 0 Å². The Bertz CT molecular complexity index is 784. The fourth-order valence-electron chi connectivity index (χ4n) is 2.33. The lowest BCUT2D eigenvalue weighted by Crippen LogP contribution is -2.00. The van der Waals surface area contributed by atoms with E-state index in [9.17, 15) is 4.39 Å². The van der Waals surface area contributed by atoms with E-state index in [1.54, 1.807) is 6.07 Å². The molecule has 3 aromatic carbocycles. The second kappa shape index (κ2) is 6.04. The van der Waals surface area contributed by atoms with Crippen molar-refractivity contribution in [1.29, 1.82) is 0 Å². The summed E-state index contributed by atoms with van der Waals surface area (Å²) in [4.78, 5) is 0. The van der Waals surface area contributed by atoms with E-state index in [4.69, 9.17) is 11.6 Å². The molecule has 0 saturated heterocycles. The minimum Gasteiger partial charge on any atom is -0.380 e. The van der Waals surface area contributed by atoms with Crippen LogP contribution < -0.4 is 5.32 Å². The van der Waals surface area contributed by atoms with Gasteiger partial charge >= 0.3 is 0 Å². The van der Waals surface area contributed by atoms with Gasteiger partial charge in [-0.2, -0.15) is 0 Å². The van der Waals surface area contributed by atoms with Crippen molar-refractivity contribution in [2.45, 2.75) is 6.54 Å². The third-order valence-corrected chi connectivity index (χ3v) is 4.19. The first kappa shape index (κ1) is 14.4. The standard InChI is InChI=1S/C17H12BrClFN/c18-16-5-6-17(15-4-2-1-3-14(15)16)21-10-11-7-12(19)9-13(20)8-11/h1-9,21H,10H2. The first-order chi connectivity index (χ1) is 10.1. The van der Waals surface area contributed by atoms with Crippen LogP contribution >= 0.6 is 27.5 Å². The maximum atomic E-state index is 13.3. The molecule has 1 N–H and O–H groups in total. The van der Waals surface area contributed by atoms with Gasteiger partial charge in [0.1, 0.15) is 5.82 Å². The molecule has 0 spiro atoms. The lowest BCUT2D eigenvalue weighted by Gasteiger charge is -2.11. The number of hydrogen-bond donors (Lipinski definition) is 1. The fourth-order valence-corrected chi connectivity index (χ4v) is 3.05. The molecule has 0 aliphatic carbocycles. The van der Waals surface area contributed by atoms with E-state index in [0.717, 1.165) is 26.5 Å². The van der Waals surface area contributed by atoms with Crippen LogP contribution in [0.25, 0.3) is 10.8 Å². The third kappa shape index (κ3) is 3.20. The van der Waals surface area contributed by atoms with Crippen LogP contribution in [0, 0.1) is 5.82 Å². The van der Waals surface area contributed by atoms with Gasteiger partial charge in [0, 0.05) is 27.1 Å². The minimum absolute atomic E-state index is 0.319. The number of benzene rings is 3. The summed E-state index contributed by atoms with van der Waals surface area (Å²) in [6.45, 7) is 0.517. The van der Waals surface area contributed by atoms with Crippen molar-refractivity contribution in [3.8, 4) is 0 Å². The van der Waals surface area contributed by atoms with Crippen LogP contribution in [0.2, 0.25) is 5.02 Å². The average Bonchev–Trinajstić information content (AvgIpc) is 2.46. The monoisotopic (exact) mass is 363 g/mol. The van der Waals surface area contributed by atoms with Crippen LogP contribution in [0.5, 0.6) is 0 Å². The molecule has 0 aromatic heterocycles. The van der Waals surface area contributed by atoms with Crippen LogP contribution in [0.1, 0.15) is 5.56 Å². The summed E-state index contributed by atoms with van der Waals surface area (Å²) in [5.74, 6) is -0.319. The van der Waals surface area contributed by atoms with Crippen LogP contribution in [-0.2, 0) is 6.54 Å². The first-order valence-electron chi connectivity index (χ1n) is 6.49. The Labute approximate surface area is 135 Å². The first-order valence-corrected chi connectivity index (χ1v) is 7.67. The number of hydrogen-bond acceptors (Lipinski definition) is 1. The maximum absolute atomic E-state index is 13.3. The second-order valence-electron chi connectivity index (χ2n) is 4.77. The van der Waals surface area contributed by atoms with Gasteiger partial charge in [0.2, 0.25) is 0 Å². The Hall–Kier alpha value is -1.58. The van der Waals surface area contributed by atoms with Crippen molar-refractivity contribution in [2.24, 2.45) is 0 Å². The summed E-state index contributed by atoms with van der Waals surface area (Å²) < 4.78 is 14.4. The highest BCUT2D eigenvalue weighted by atomic mass is 79.9. The van der Waals surface area contributed by atoms with Gasteiger partial charge in [-0.25, -0.2) is 4.39 Å². The number of anilines is 1. The van der Waals surface area contributed by atoms with E-state index in [2.05, 4.69) is 33.4 Å². The Morgan fingerprint density at radius 2 is 1.76 bits per heavy atom. The highest BCUT2D eigenvalue weighted by Crippen LogP contribution is 2.30. The molecular weight excluding hydrogens is 353 g/mol. The molecule has 0 heterocycles. The normalized spacial score (nSPS) is 10.8. The number of nitrogens with one attached hydrogen (secondary N) is 1. The summed E-state index contributed by atoms with van der Waals surface area (Å²) in [5, 5.41) is 6.01. The van der Waals surface area contributed by atoms with Gasteiger partial charge in [-0.1, -0.05) is 51.8 Å². The zero-order chi connectivity index (χ0) is 14.8. The van der Waals surface area contributed by atoms with Crippen LogP contribution in [0.4, 0.5) is 10.1 Å². The van der Waals surface area contributed by atoms with Gasteiger partial charge in [0.05, 0.1) is 0 Å². The quantitative estimate of drug-likeness (QED) is 0.600. The highest BCUT2D eigenvalue weighted by molar-refractivity contribution is 9.10. The number of halogens is 3. The van der Waals surface area contributed by atoms with Crippen LogP contribution in [0.15, 0.2) is 59.1 Å². The molecule has 0 fully saturated rings. The average molecular weight is 365 g/mol. The molecule has 3 rings (SSSR count). The van der Waals surface area contributed by atoms with Crippen molar-refractivity contribution in [2.75, 3.05) is 5.32 Å². The SMILES string of the molecule is Fc1cc(Cl)cc(CNc2ccc(Br)c3ccccc23)c1. The maximum Gasteiger partial charge on any atom is 0.125 e. The highest BCUT2D eigenvalue weighted by Gasteiger charge is 2.05. The molecule has 0 atom stereocenters. The van der Waals surface area contributed by atoms with E-state index in [0.29, 0.717) is 11.6 Å². The van der Waals surface area contributed by atoms with Crippen molar-refractivity contribution in [3.63, 3.8) is 0 Å². The predicted molar refractivity (Wildman–Crippen MR) is 90.4 cm³/mol. The Balaban J connectivity index is 1.90. The van der Waals surface area contributed by atoms with Crippen LogP contribution in [0.3, 0.4) is 0 Å². The summed E-state index contributed by atoms with van der Waals surface area (Å²) in [5.41, 5.74) is 1.82. The largest absolute Gasteiger partial charge is 0.380 e. The molecule has 3 aromatic rings. The Kier molecular flexibility index (Phi) is 4.13. The predicted octanol–water partition coefficient (Wildman–Crippen LogP) is 6.01. The molecule has 0 saturated carbocycles. The Morgan fingerprint density at radius 3 is 2.52 bits per heavy atom. The molecule has 0 bridgehead atoms. The second-order valence-corrected chi connectivity index (χ2v) is 6.06. The van der Waals surface area contributed by atoms with Crippen molar-refractivity contribution < 1.29 is 4.39 Å². The summed E-state index contributed by atoms with van der Waals surface area (Å²) in [6, 6.07) is 16.7. The summed E-state index contributed by atoms with van der Waals surface area (Å²) in [6.07, 6.45) is 0. The smallest absolute Gasteiger partial charge is 0.125 e. The molecular formula is C17H12BrClFN. The Morgan fingerprint density at radius 1 is 1.00 bits per heavy atom. The van der Waals surface area contributed by atoms with Crippen molar-refractivity contribution in [3.05, 3.63) is 75.5 Å². The zero-order valence-corrected chi connectivity index (χ0v) is 13.4. The molecule has 0 unspecified atom stereocenters. The molecule has 0 aliphatic heterocycles.